The molecule has 82 valence electrons. The van der Waals surface area contributed by atoms with E-state index in [1.54, 1.807) is 0 Å². The number of hydrogen-bond acceptors (Lipinski definition) is 1. The molecule has 0 radical (unpaired) electrons. The largest absolute Gasteiger partial charge is 0.227 e. The van der Waals surface area contributed by atoms with Crippen molar-refractivity contribution < 1.29 is 13.2 Å². The van der Waals surface area contributed by atoms with Gasteiger partial charge in [-0.15, -0.1) is 0 Å². The average Bonchev–Trinajstić information content (AvgIpc) is 2.26. The van der Waals surface area contributed by atoms with E-state index in [2.05, 4.69) is 4.98 Å². The summed E-state index contributed by atoms with van der Waals surface area (Å²) < 4.78 is 39.3. The fourth-order valence-electron chi connectivity index (χ4n) is 1.42. The first kappa shape index (κ1) is 10.7. The molecule has 0 atom stereocenters. The van der Waals surface area contributed by atoms with Crippen LogP contribution in [-0.4, -0.2) is 4.98 Å². The third kappa shape index (κ3) is 1.91. The molecule has 0 spiro atoms. The van der Waals surface area contributed by atoms with Crippen LogP contribution in [-0.2, 0) is 0 Å². The number of aryl methyl sites for hydroxylation is 1. The van der Waals surface area contributed by atoms with Crippen LogP contribution in [0.2, 0.25) is 0 Å². The van der Waals surface area contributed by atoms with Gasteiger partial charge < -0.3 is 0 Å². The van der Waals surface area contributed by atoms with Crippen LogP contribution in [0.25, 0.3) is 11.1 Å². The van der Waals surface area contributed by atoms with Crippen LogP contribution in [0.3, 0.4) is 0 Å². The summed E-state index contributed by atoms with van der Waals surface area (Å²) in [6.45, 7) is 1.52. The lowest BCUT2D eigenvalue weighted by atomic mass is 10.1. The van der Waals surface area contributed by atoms with E-state index in [0.29, 0.717) is 11.1 Å². The molecule has 1 heterocycles. The van der Waals surface area contributed by atoms with Gasteiger partial charge >= 0.3 is 0 Å². The summed E-state index contributed by atoms with van der Waals surface area (Å²) in [5.41, 5.74) is 0.729. The second-order valence-corrected chi connectivity index (χ2v) is 3.46. The Hall–Kier alpha value is -1.84. The first-order valence-corrected chi connectivity index (χ1v) is 4.65. The van der Waals surface area contributed by atoms with Crippen LogP contribution in [0.15, 0.2) is 30.5 Å². The highest BCUT2D eigenvalue weighted by atomic mass is 19.1. The van der Waals surface area contributed by atoms with Crippen molar-refractivity contribution in [1.82, 2.24) is 4.98 Å². The van der Waals surface area contributed by atoms with E-state index in [1.165, 1.54) is 19.2 Å². The summed E-state index contributed by atoms with van der Waals surface area (Å²) in [5, 5.41) is 0. The molecule has 0 fully saturated rings. The lowest BCUT2D eigenvalue weighted by molar-refractivity contribution is 0.574. The zero-order chi connectivity index (χ0) is 11.7. The summed E-state index contributed by atoms with van der Waals surface area (Å²) in [5.74, 6) is -1.71. The Balaban J connectivity index is 2.58. The number of rotatable bonds is 1. The predicted molar refractivity (Wildman–Crippen MR) is 54.3 cm³/mol. The maximum Gasteiger partial charge on any atom is 0.215 e. The highest BCUT2D eigenvalue weighted by Gasteiger charge is 2.08. The molecular formula is C12H8F3N. The van der Waals surface area contributed by atoms with Crippen molar-refractivity contribution in [1.29, 1.82) is 0 Å². The SMILES string of the molecule is Cc1cc(-c2cc(F)ccc2F)cnc1F. The quantitative estimate of drug-likeness (QED) is 0.674. The molecule has 0 aliphatic heterocycles. The van der Waals surface area contributed by atoms with Crippen molar-refractivity contribution in [3.05, 3.63) is 53.6 Å². The number of benzene rings is 1. The van der Waals surface area contributed by atoms with Crippen LogP contribution < -0.4 is 0 Å². The standard InChI is InChI=1S/C12H8F3N/c1-7-4-8(6-16-12(7)15)10-5-9(13)2-3-11(10)14/h2-6H,1H3. The fourth-order valence-corrected chi connectivity index (χ4v) is 1.42. The van der Waals surface area contributed by atoms with E-state index in [9.17, 15) is 13.2 Å². The van der Waals surface area contributed by atoms with Crippen LogP contribution in [0.4, 0.5) is 13.2 Å². The van der Waals surface area contributed by atoms with Gasteiger partial charge in [-0.1, -0.05) is 0 Å². The zero-order valence-electron chi connectivity index (χ0n) is 8.47. The van der Waals surface area contributed by atoms with Crippen molar-refractivity contribution >= 4 is 0 Å². The van der Waals surface area contributed by atoms with E-state index < -0.39 is 17.6 Å². The maximum atomic E-state index is 13.4. The molecule has 0 unspecified atom stereocenters. The maximum absolute atomic E-state index is 13.4. The molecule has 0 amide bonds. The molecule has 1 aromatic carbocycles. The Morgan fingerprint density at radius 3 is 2.50 bits per heavy atom. The minimum Gasteiger partial charge on any atom is -0.227 e. The molecule has 2 aromatic rings. The summed E-state index contributed by atoms with van der Waals surface area (Å²) in [6.07, 6.45) is 1.18. The number of pyridine rings is 1. The molecule has 0 saturated heterocycles. The summed E-state index contributed by atoms with van der Waals surface area (Å²) in [4.78, 5) is 3.47. The molecule has 0 aliphatic carbocycles. The van der Waals surface area contributed by atoms with Gasteiger partial charge in [0.2, 0.25) is 5.95 Å². The van der Waals surface area contributed by atoms with Crippen molar-refractivity contribution in [2.24, 2.45) is 0 Å². The first-order chi connectivity index (χ1) is 7.58. The number of aromatic nitrogens is 1. The van der Waals surface area contributed by atoms with Crippen LogP contribution in [0.5, 0.6) is 0 Å². The van der Waals surface area contributed by atoms with Gasteiger partial charge in [0.15, 0.2) is 0 Å². The lowest BCUT2D eigenvalue weighted by Gasteiger charge is -2.04. The first-order valence-electron chi connectivity index (χ1n) is 4.65. The topological polar surface area (TPSA) is 12.9 Å². The fraction of sp³-hybridized carbons (Fsp3) is 0.0833. The van der Waals surface area contributed by atoms with Gasteiger partial charge in [-0.3, -0.25) is 0 Å². The van der Waals surface area contributed by atoms with E-state index in [0.717, 1.165) is 18.2 Å². The van der Waals surface area contributed by atoms with E-state index in [1.807, 2.05) is 0 Å². The smallest absolute Gasteiger partial charge is 0.215 e. The second kappa shape index (κ2) is 3.96. The highest BCUT2D eigenvalue weighted by Crippen LogP contribution is 2.24. The summed E-state index contributed by atoms with van der Waals surface area (Å²) in [7, 11) is 0. The molecule has 4 heteroatoms. The number of nitrogens with zero attached hydrogens (tertiary/aromatic N) is 1. The third-order valence-corrected chi connectivity index (χ3v) is 2.25. The van der Waals surface area contributed by atoms with Gasteiger partial charge in [-0.2, -0.15) is 4.39 Å². The molecule has 0 bridgehead atoms. The van der Waals surface area contributed by atoms with Gasteiger partial charge in [0.05, 0.1) is 0 Å². The van der Waals surface area contributed by atoms with Crippen molar-refractivity contribution in [2.75, 3.05) is 0 Å². The molecule has 1 aromatic heterocycles. The molecule has 0 N–H and O–H groups in total. The van der Waals surface area contributed by atoms with E-state index >= 15 is 0 Å². The number of halogens is 3. The Bertz CT molecular complexity index is 538. The predicted octanol–water partition coefficient (Wildman–Crippen LogP) is 3.47. The third-order valence-electron chi connectivity index (χ3n) is 2.25. The average molecular weight is 223 g/mol. The minimum atomic E-state index is -0.611. The van der Waals surface area contributed by atoms with Gasteiger partial charge in [-0.25, -0.2) is 13.8 Å². The molecule has 0 saturated carbocycles. The zero-order valence-corrected chi connectivity index (χ0v) is 8.47. The monoisotopic (exact) mass is 223 g/mol. The van der Waals surface area contributed by atoms with Crippen molar-refractivity contribution in [3.63, 3.8) is 0 Å². The van der Waals surface area contributed by atoms with Gasteiger partial charge in [-0.05, 0) is 31.2 Å². The normalized spacial score (nSPS) is 10.5. The van der Waals surface area contributed by atoms with Crippen molar-refractivity contribution in [3.8, 4) is 11.1 Å². The van der Waals surface area contributed by atoms with Crippen LogP contribution >= 0.6 is 0 Å². The molecule has 1 nitrogen and oxygen atoms in total. The molecule has 16 heavy (non-hydrogen) atoms. The number of hydrogen-bond donors (Lipinski definition) is 0. The second-order valence-electron chi connectivity index (χ2n) is 3.46. The van der Waals surface area contributed by atoms with Crippen molar-refractivity contribution in [2.45, 2.75) is 6.92 Å². The molecule has 2 rings (SSSR count). The van der Waals surface area contributed by atoms with Gasteiger partial charge in [0, 0.05) is 22.9 Å². The summed E-state index contributed by atoms with van der Waals surface area (Å²) >= 11 is 0. The Kier molecular flexibility index (Phi) is 2.64. The van der Waals surface area contributed by atoms with Crippen LogP contribution in [0.1, 0.15) is 5.56 Å². The van der Waals surface area contributed by atoms with Gasteiger partial charge in [0.1, 0.15) is 11.6 Å². The summed E-state index contributed by atoms with van der Waals surface area (Å²) in [6, 6.07) is 4.55. The van der Waals surface area contributed by atoms with E-state index in [-0.39, 0.29) is 5.56 Å². The highest BCUT2D eigenvalue weighted by molar-refractivity contribution is 5.63. The Labute approximate surface area is 90.6 Å². The molecular weight excluding hydrogens is 215 g/mol. The minimum absolute atomic E-state index is 0.0793. The van der Waals surface area contributed by atoms with E-state index in [4.69, 9.17) is 0 Å². The Morgan fingerprint density at radius 2 is 1.81 bits per heavy atom. The Morgan fingerprint density at radius 1 is 1.06 bits per heavy atom. The van der Waals surface area contributed by atoms with Gasteiger partial charge in [0.25, 0.3) is 0 Å². The molecule has 0 aliphatic rings. The van der Waals surface area contributed by atoms with Crippen LogP contribution in [0, 0.1) is 24.5 Å². The lowest BCUT2D eigenvalue weighted by Crippen LogP contribution is -1.92.